The number of benzene rings is 1. The molecule has 1 aromatic heterocycles. The van der Waals surface area contributed by atoms with Crippen LogP contribution in [0.2, 0.25) is 10.0 Å². The molecule has 1 atom stereocenters. The predicted molar refractivity (Wildman–Crippen MR) is 122 cm³/mol. The first-order chi connectivity index (χ1) is 13.9. The normalized spacial score (nSPS) is 11.7. The zero-order valence-electron chi connectivity index (χ0n) is 16.1. The van der Waals surface area contributed by atoms with E-state index in [9.17, 15) is 9.59 Å². The molecule has 0 bridgehead atoms. The minimum Gasteiger partial charge on any atom is -0.339 e. The molecule has 0 radical (unpaired) electrons. The number of anilines is 1. The van der Waals surface area contributed by atoms with E-state index in [1.807, 2.05) is 13.2 Å². The van der Waals surface area contributed by atoms with Crippen LogP contribution in [0, 0.1) is 0 Å². The molecule has 0 aliphatic heterocycles. The molecule has 2 amide bonds. The van der Waals surface area contributed by atoms with Crippen LogP contribution in [-0.4, -0.2) is 45.6 Å². The Morgan fingerprint density at radius 3 is 2.55 bits per heavy atom. The lowest BCUT2D eigenvalue weighted by atomic mass is 10.2. The molecule has 2 N–H and O–H groups in total. The number of nitrogens with one attached hydrogen (secondary N) is 2. The van der Waals surface area contributed by atoms with Gasteiger partial charge in [-0.25, -0.2) is 9.97 Å². The lowest BCUT2D eigenvalue weighted by Crippen LogP contribution is -2.44. The summed E-state index contributed by atoms with van der Waals surface area (Å²) in [5.41, 5.74) is 0.662. The Labute approximate surface area is 188 Å². The Bertz CT molecular complexity index is 837. The smallest absolute Gasteiger partial charge is 0.272 e. The Balaban J connectivity index is 2.13. The van der Waals surface area contributed by atoms with Crippen LogP contribution in [0.15, 0.2) is 35.6 Å². The first-order valence-corrected chi connectivity index (χ1v) is 12.1. The largest absolute Gasteiger partial charge is 0.339 e. The van der Waals surface area contributed by atoms with Crippen LogP contribution in [0.3, 0.4) is 0 Å². The number of carbonyl (C=O) groups is 2. The monoisotopic (exact) mass is 472 g/mol. The van der Waals surface area contributed by atoms with Crippen molar-refractivity contribution in [2.45, 2.75) is 31.0 Å². The van der Waals surface area contributed by atoms with Crippen LogP contribution in [-0.2, 0) is 4.79 Å². The summed E-state index contributed by atoms with van der Waals surface area (Å²) in [5, 5.41) is 6.74. The van der Waals surface area contributed by atoms with Gasteiger partial charge < -0.3 is 10.6 Å². The minimum absolute atomic E-state index is 0.0636. The molecule has 0 fully saturated rings. The Hall–Kier alpha value is -1.48. The van der Waals surface area contributed by atoms with Crippen LogP contribution < -0.4 is 10.6 Å². The Kier molecular flexibility index (Phi) is 10.1. The summed E-state index contributed by atoms with van der Waals surface area (Å²) >= 11 is 15.0. The molecule has 29 heavy (non-hydrogen) atoms. The molecule has 1 unspecified atom stereocenters. The maximum absolute atomic E-state index is 12.8. The van der Waals surface area contributed by atoms with Gasteiger partial charge in [-0.05, 0) is 49.1 Å². The highest BCUT2D eigenvalue weighted by atomic mass is 35.5. The summed E-state index contributed by atoms with van der Waals surface area (Å²) < 4.78 is 0. The highest BCUT2D eigenvalue weighted by Crippen LogP contribution is 2.19. The van der Waals surface area contributed by atoms with Gasteiger partial charge in [0.15, 0.2) is 10.9 Å². The van der Waals surface area contributed by atoms with Crippen LogP contribution >= 0.6 is 46.7 Å². The molecule has 10 heteroatoms. The van der Waals surface area contributed by atoms with Gasteiger partial charge in [0, 0.05) is 16.5 Å². The first kappa shape index (κ1) is 23.8. The highest BCUT2D eigenvalue weighted by Gasteiger charge is 2.24. The third-order valence-corrected chi connectivity index (χ3v) is 5.96. The molecular formula is C19H22Cl2N4O2S2. The molecule has 2 aromatic rings. The lowest BCUT2D eigenvalue weighted by Gasteiger charge is -2.18. The number of thioether (sulfide) groups is 2. The van der Waals surface area contributed by atoms with Gasteiger partial charge >= 0.3 is 0 Å². The van der Waals surface area contributed by atoms with Crippen LogP contribution in [0.4, 0.5) is 5.69 Å². The third kappa shape index (κ3) is 7.70. The van der Waals surface area contributed by atoms with E-state index in [2.05, 4.69) is 20.6 Å². The molecule has 1 heterocycles. The molecule has 0 aliphatic rings. The average molecular weight is 473 g/mol. The SMILES string of the molecule is CCCSc1ncc(Cl)c(C(=O)NC(CCSC)C(=O)Nc2ccc(Cl)cc2)n1. The van der Waals surface area contributed by atoms with Gasteiger partial charge in [0.25, 0.3) is 5.91 Å². The number of halogens is 2. The summed E-state index contributed by atoms with van der Waals surface area (Å²) in [7, 11) is 0. The third-order valence-electron chi connectivity index (χ3n) is 3.72. The maximum atomic E-state index is 12.8. The van der Waals surface area contributed by atoms with Gasteiger partial charge in [-0.2, -0.15) is 11.8 Å². The topological polar surface area (TPSA) is 84.0 Å². The number of amides is 2. The Morgan fingerprint density at radius 2 is 1.90 bits per heavy atom. The van der Waals surface area contributed by atoms with Crippen molar-refractivity contribution in [2.75, 3.05) is 23.1 Å². The highest BCUT2D eigenvalue weighted by molar-refractivity contribution is 7.99. The summed E-state index contributed by atoms with van der Waals surface area (Å²) in [4.78, 5) is 33.9. The van der Waals surface area contributed by atoms with Crippen LogP contribution in [0.5, 0.6) is 0 Å². The van der Waals surface area contributed by atoms with Crippen molar-refractivity contribution < 1.29 is 9.59 Å². The van der Waals surface area contributed by atoms with E-state index in [0.29, 0.717) is 28.0 Å². The molecular weight excluding hydrogens is 451 g/mol. The molecule has 0 saturated carbocycles. The van der Waals surface area contributed by atoms with Crippen molar-refractivity contribution in [1.82, 2.24) is 15.3 Å². The second kappa shape index (κ2) is 12.3. The van der Waals surface area contributed by atoms with E-state index in [1.54, 1.807) is 36.0 Å². The summed E-state index contributed by atoms with van der Waals surface area (Å²) in [6.45, 7) is 2.05. The minimum atomic E-state index is -0.733. The fourth-order valence-corrected chi connectivity index (χ4v) is 3.71. The predicted octanol–water partition coefficient (Wildman–Crippen LogP) is 4.78. The molecule has 6 nitrogen and oxygen atoms in total. The average Bonchev–Trinajstić information content (AvgIpc) is 2.71. The summed E-state index contributed by atoms with van der Waals surface area (Å²) in [6.07, 6.45) is 4.77. The summed E-state index contributed by atoms with van der Waals surface area (Å²) in [5.74, 6) is 0.713. The van der Waals surface area contributed by atoms with Gasteiger partial charge in [-0.1, -0.05) is 41.9 Å². The first-order valence-electron chi connectivity index (χ1n) is 8.96. The molecule has 0 aliphatic carbocycles. The van der Waals surface area contributed by atoms with Crippen molar-refractivity contribution in [3.05, 3.63) is 46.2 Å². The van der Waals surface area contributed by atoms with E-state index in [4.69, 9.17) is 23.2 Å². The Morgan fingerprint density at radius 1 is 1.17 bits per heavy atom. The number of nitrogens with zero attached hydrogens (tertiary/aromatic N) is 2. The van der Waals surface area contributed by atoms with Crippen LogP contribution in [0.1, 0.15) is 30.3 Å². The van der Waals surface area contributed by atoms with E-state index in [0.717, 1.165) is 12.2 Å². The molecule has 156 valence electrons. The van der Waals surface area contributed by atoms with E-state index < -0.39 is 11.9 Å². The number of rotatable bonds is 10. The second-order valence-corrected chi connectivity index (χ2v) is 8.89. The lowest BCUT2D eigenvalue weighted by molar-refractivity contribution is -0.118. The number of carbonyl (C=O) groups excluding carboxylic acids is 2. The van der Waals surface area contributed by atoms with Gasteiger partial charge in [0.2, 0.25) is 5.91 Å². The van der Waals surface area contributed by atoms with Gasteiger partial charge in [0.05, 0.1) is 11.2 Å². The van der Waals surface area contributed by atoms with E-state index in [-0.39, 0.29) is 16.6 Å². The van der Waals surface area contributed by atoms with E-state index >= 15 is 0 Å². The molecule has 2 rings (SSSR count). The van der Waals surface area contributed by atoms with Crippen molar-refractivity contribution in [1.29, 1.82) is 0 Å². The fourth-order valence-electron chi connectivity index (χ4n) is 2.27. The quantitative estimate of drug-likeness (QED) is 0.382. The standard InChI is InChI=1S/C19H22Cl2N4O2S2/c1-3-9-29-19-22-11-14(21)16(25-19)18(27)24-15(8-10-28-2)17(26)23-13-6-4-12(20)5-7-13/h4-7,11,15H,3,8-10H2,1-2H3,(H,23,26)(H,24,27). The number of hydrogen-bond donors (Lipinski definition) is 2. The van der Waals surface area contributed by atoms with Gasteiger partial charge in [0.1, 0.15) is 6.04 Å². The van der Waals surface area contributed by atoms with Crippen molar-refractivity contribution in [3.63, 3.8) is 0 Å². The van der Waals surface area contributed by atoms with Crippen LogP contribution in [0.25, 0.3) is 0 Å². The fraction of sp³-hybridized carbons (Fsp3) is 0.368. The summed E-state index contributed by atoms with van der Waals surface area (Å²) in [6, 6.07) is 6.03. The van der Waals surface area contributed by atoms with Crippen molar-refractivity contribution in [2.24, 2.45) is 0 Å². The molecule has 0 spiro atoms. The van der Waals surface area contributed by atoms with Crippen molar-refractivity contribution >= 4 is 64.2 Å². The maximum Gasteiger partial charge on any atom is 0.272 e. The van der Waals surface area contributed by atoms with Gasteiger partial charge in [-0.15, -0.1) is 0 Å². The van der Waals surface area contributed by atoms with Crippen molar-refractivity contribution in [3.8, 4) is 0 Å². The number of aromatic nitrogens is 2. The second-order valence-electron chi connectivity index (χ2n) is 6.00. The van der Waals surface area contributed by atoms with E-state index in [1.165, 1.54) is 18.0 Å². The zero-order chi connectivity index (χ0) is 21.2. The molecule has 0 saturated heterocycles. The zero-order valence-corrected chi connectivity index (χ0v) is 19.2. The number of hydrogen-bond acceptors (Lipinski definition) is 6. The van der Waals surface area contributed by atoms with Gasteiger partial charge in [-0.3, -0.25) is 9.59 Å². The molecule has 1 aromatic carbocycles.